The van der Waals surface area contributed by atoms with Crippen molar-refractivity contribution in [2.24, 2.45) is 0 Å². The Kier molecular flexibility index (Phi) is 7.61. The van der Waals surface area contributed by atoms with Crippen molar-refractivity contribution in [3.05, 3.63) is 72.3 Å². The molecule has 1 fully saturated rings. The number of hydrogen-bond acceptors (Lipinski definition) is 5. The van der Waals surface area contributed by atoms with Gasteiger partial charge in [0.2, 0.25) is 0 Å². The van der Waals surface area contributed by atoms with Crippen molar-refractivity contribution in [1.82, 2.24) is 4.90 Å². The molecule has 9 heteroatoms. The topological polar surface area (TPSA) is 102 Å². The summed E-state index contributed by atoms with van der Waals surface area (Å²) in [7, 11) is 0. The lowest BCUT2D eigenvalue weighted by atomic mass is 10.0. The van der Waals surface area contributed by atoms with Gasteiger partial charge >= 0.3 is 6.09 Å². The van der Waals surface area contributed by atoms with Gasteiger partial charge in [-0.1, -0.05) is 42.5 Å². The molecule has 3 aromatic carbocycles. The molecule has 190 valence electrons. The summed E-state index contributed by atoms with van der Waals surface area (Å²) in [5.41, 5.74) is 1.07. The van der Waals surface area contributed by atoms with E-state index in [2.05, 4.69) is 5.32 Å². The van der Waals surface area contributed by atoms with Gasteiger partial charge in [0.15, 0.2) is 0 Å². The third-order valence-corrected chi connectivity index (χ3v) is 6.85. The van der Waals surface area contributed by atoms with E-state index in [1.807, 2.05) is 51.1 Å². The van der Waals surface area contributed by atoms with Gasteiger partial charge in [0.05, 0.1) is 5.69 Å². The lowest BCUT2D eigenvalue weighted by Gasteiger charge is -2.40. The number of amides is 2. The SMILES string of the molecule is CC(C)(C)OC(=O)N1CCC(N(c2ccc(NC(=O)c3ccccc3)c3ccccc23)S(=O)[O-])CC1. The Morgan fingerprint density at radius 1 is 0.972 bits per heavy atom. The van der Waals surface area contributed by atoms with E-state index >= 15 is 0 Å². The van der Waals surface area contributed by atoms with Gasteiger partial charge in [0.1, 0.15) is 5.60 Å². The largest absolute Gasteiger partial charge is 0.755 e. The lowest BCUT2D eigenvalue weighted by Crippen LogP contribution is -2.48. The number of nitrogens with one attached hydrogen (secondary N) is 1. The number of benzene rings is 3. The molecule has 0 aliphatic carbocycles. The summed E-state index contributed by atoms with van der Waals surface area (Å²) in [6.07, 6.45) is 0.571. The zero-order valence-electron chi connectivity index (χ0n) is 20.6. The molecule has 1 aliphatic heterocycles. The van der Waals surface area contributed by atoms with Crippen molar-refractivity contribution >= 4 is 45.4 Å². The van der Waals surface area contributed by atoms with E-state index in [1.165, 1.54) is 4.31 Å². The third-order valence-electron chi connectivity index (χ3n) is 6.03. The van der Waals surface area contributed by atoms with Gasteiger partial charge in [0.25, 0.3) is 5.91 Å². The Morgan fingerprint density at radius 2 is 1.58 bits per heavy atom. The van der Waals surface area contributed by atoms with Crippen LogP contribution in [0.25, 0.3) is 10.8 Å². The van der Waals surface area contributed by atoms with Gasteiger partial charge < -0.3 is 19.5 Å². The predicted octanol–water partition coefficient (Wildman–Crippen LogP) is 5.09. The van der Waals surface area contributed by atoms with Gasteiger partial charge in [-0.2, -0.15) is 0 Å². The van der Waals surface area contributed by atoms with Crippen LogP contribution in [0.3, 0.4) is 0 Å². The highest BCUT2D eigenvalue weighted by atomic mass is 32.2. The number of nitrogens with zero attached hydrogens (tertiary/aromatic N) is 2. The smallest absolute Gasteiger partial charge is 0.410 e. The molecular weight excluding hydrogens is 478 g/mol. The number of fused-ring (bicyclic) bond motifs is 1. The van der Waals surface area contributed by atoms with Gasteiger partial charge in [-0.05, 0) is 57.9 Å². The molecule has 0 saturated carbocycles. The molecule has 36 heavy (non-hydrogen) atoms. The number of carbonyl (C=O) groups is 2. The third kappa shape index (κ3) is 5.85. The molecule has 0 spiro atoms. The molecule has 0 bridgehead atoms. The standard InChI is InChI=1S/C27H31N3O5S/c1-27(2,3)35-26(32)29-17-15-20(16-18-29)30(36(33)34)24-14-13-23(21-11-7-8-12-22(21)24)28-25(31)19-9-5-4-6-10-19/h4-14,20H,15-18H2,1-3H3,(H,28,31)(H,33,34)/p-1. The van der Waals surface area contributed by atoms with Crippen molar-refractivity contribution in [2.75, 3.05) is 22.7 Å². The Labute approximate surface area is 213 Å². The number of likely N-dealkylation sites (tertiary alicyclic amines) is 1. The van der Waals surface area contributed by atoms with Crippen LogP contribution in [0.1, 0.15) is 44.0 Å². The summed E-state index contributed by atoms with van der Waals surface area (Å²) in [5.74, 6) is -0.243. The first-order valence-electron chi connectivity index (χ1n) is 11.9. The highest BCUT2D eigenvalue weighted by Gasteiger charge is 2.31. The van der Waals surface area contributed by atoms with Crippen molar-refractivity contribution in [3.8, 4) is 0 Å². The first-order chi connectivity index (χ1) is 17.1. The zero-order valence-corrected chi connectivity index (χ0v) is 21.4. The van der Waals surface area contributed by atoms with Crippen LogP contribution in [0.4, 0.5) is 16.2 Å². The van der Waals surface area contributed by atoms with Crippen LogP contribution in [0.15, 0.2) is 66.7 Å². The van der Waals surface area contributed by atoms with E-state index < -0.39 is 16.9 Å². The fraction of sp³-hybridized carbons (Fsp3) is 0.333. The van der Waals surface area contributed by atoms with Crippen LogP contribution in [-0.2, 0) is 16.0 Å². The minimum absolute atomic E-state index is 0.243. The van der Waals surface area contributed by atoms with Crippen molar-refractivity contribution in [2.45, 2.75) is 45.3 Å². The van der Waals surface area contributed by atoms with Gasteiger partial charge in [-0.25, -0.2) is 4.79 Å². The van der Waals surface area contributed by atoms with Crippen LogP contribution in [-0.4, -0.2) is 50.4 Å². The first-order valence-corrected chi connectivity index (χ1v) is 12.9. The average Bonchev–Trinajstić information content (AvgIpc) is 2.85. The molecule has 1 atom stereocenters. The lowest BCUT2D eigenvalue weighted by molar-refractivity contribution is 0.0207. The van der Waals surface area contributed by atoms with E-state index in [-0.39, 0.29) is 18.0 Å². The molecule has 1 N–H and O–H groups in total. The number of hydrogen-bond donors (Lipinski definition) is 1. The maximum Gasteiger partial charge on any atom is 0.410 e. The van der Waals surface area contributed by atoms with E-state index in [1.54, 1.807) is 41.3 Å². The van der Waals surface area contributed by atoms with Crippen LogP contribution in [0, 0.1) is 0 Å². The van der Waals surface area contributed by atoms with Gasteiger partial charge in [-0.3, -0.25) is 13.3 Å². The van der Waals surface area contributed by atoms with Crippen LogP contribution in [0.5, 0.6) is 0 Å². The summed E-state index contributed by atoms with van der Waals surface area (Å²) in [6.45, 7) is 6.25. The maximum atomic E-state index is 12.7. The molecule has 3 aromatic rings. The molecular formula is C27H30N3O5S-. The van der Waals surface area contributed by atoms with Crippen molar-refractivity contribution in [3.63, 3.8) is 0 Å². The highest BCUT2D eigenvalue weighted by Crippen LogP contribution is 2.36. The number of rotatable bonds is 5. The average molecular weight is 509 g/mol. The second-order valence-corrected chi connectivity index (χ2v) is 10.6. The minimum atomic E-state index is -2.53. The van der Waals surface area contributed by atoms with Crippen molar-refractivity contribution < 1.29 is 23.1 Å². The van der Waals surface area contributed by atoms with Gasteiger partial charge in [-0.15, -0.1) is 0 Å². The number of ether oxygens (including phenoxy) is 1. The molecule has 0 aromatic heterocycles. The monoisotopic (exact) mass is 508 g/mol. The predicted molar refractivity (Wildman–Crippen MR) is 141 cm³/mol. The summed E-state index contributed by atoms with van der Waals surface area (Å²) in [6, 6.07) is 19.4. The summed E-state index contributed by atoms with van der Waals surface area (Å²) >= 11 is -2.53. The van der Waals surface area contributed by atoms with Crippen molar-refractivity contribution in [1.29, 1.82) is 0 Å². The quantitative estimate of drug-likeness (QED) is 0.484. The molecule has 4 rings (SSSR count). The van der Waals surface area contributed by atoms with E-state index in [0.717, 1.165) is 5.39 Å². The second kappa shape index (κ2) is 10.7. The Balaban J connectivity index is 1.58. The minimum Gasteiger partial charge on any atom is -0.755 e. The molecule has 0 radical (unpaired) electrons. The first kappa shape index (κ1) is 25.7. The summed E-state index contributed by atoms with van der Waals surface area (Å²) in [4.78, 5) is 26.8. The Morgan fingerprint density at radius 3 is 2.19 bits per heavy atom. The zero-order chi connectivity index (χ0) is 25.9. The number of piperidine rings is 1. The summed E-state index contributed by atoms with van der Waals surface area (Å²) in [5, 5.41) is 4.39. The molecule has 1 saturated heterocycles. The molecule has 2 amide bonds. The fourth-order valence-electron chi connectivity index (χ4n) is 4.38. The highest BCUT2D eigenvalue weighted by molar-refractivity contribution is 7.80. The fourth-order valence-corrected chi connectivity index (χ4v) is 5.15. The maximum absolute atomic E-state index is 12.7. The van der Waals surface area contributed by atoms with Gasteiger partial charge in [0, 0.05) is 52.4 Å². The van der Waals surface area contributed by atoms with E-state index in [9.17, 15) is 18.4 Å². The van der Waals surface area contributed by atoms with Crippen LogP contribution >= 0.6 is 0 Å². The molecule has 1 aliphatic rings. The number of carbonyl (C=O) groups excluding carboxylic acids is 2. The molecule has 8 nitrogen and oxygen atoms in total. The number of anilines is 2. The molecule has 1 heterocycles. The summed E-state index contributed by atoms with van der Waals surface area (Å²) < 4.78 is 31.7. The Hall–Kier alpha value is -3.43. The van der Waals surface area contributed by atoms with E-state index in [4.69, 9.17) is 4.74 Å². The second-order valence-electron chi connectivity index (χ2n) is 9.74. The van der Waals surface area contributed by atoms with Crippen LogP contribution < -0.4 is 9.62 Å². The van der Waals surface area contributed by atoms with E-state index in [0.29, 0.717) is 48.3 Å². The Bertz CT molecular complexity index is 1270. The molecule has 1 unspecified atom stereocenters. The van der Waals surface area contributed by atoms with Crippen LogP contribution in [0.2, 0.25) is 0 Å². The normalized spacial score (nSPS) is 15.4.